The van der Waals surface area contributed by atoms with Gasteiger partial charge in [0.25, 0.3) is 0 Å². The SMILES string of the molecule is COC(=O)c1ccccc1N(C)c1nc2ccccc2nc1Cl. The van der Waals surface area contributed by atoms with E-state index in [0.717, 1.165) is 11.0 Å². The molecule has 0 spiro atoms. The number of rotatable bonds is 3. The second kappa shape index (κ2) is 6.22. The number of ether oxygens (including phenoxy) is 1. The molecule has 6 heteroatoms. The topological polar surface area (TPSA) is 55.3 Å². The Morgan fingerprint density at radius 2 is 1.65 bits per heavy atom. The number of aromatic nitrogens is 2. The lowest BCUT2D eigenvalue weighted by atomic mass is 10.1. The van der Waals surface area contributed by atoms with Gasteiger partial charge in [-0.05, 0) is 24.3 Å². The van der Waals surface area contributed by atoms with Gasteiger partial charge < -0.3 is 9.64 Å². The van der Waals surface area contributed by atoms with Crippen LogP contribution in [0.15, 0.2) is 48.5 Å². The van der Waals surface area contributed by atoms with E-state index < -0.39 is 5.97 Å². The Kier molecular flexibility index (Phi) is 4.12. The van der Waals surface area contributed by atoms with Crippen molar-refractivity contribution in [1.82, 2.24) is 9.97 Å². The summed E-state index contributed by atoms with van der Waals surface area (Å²) in [5.41, 5.74) is 2.53. The third-order valence-electron chi connectivity index (χ3n) is 3.50. The Hall–Kier alpha value is -2.66. The highest BCUT2D eigenvalue weighted by molar-refractivity contribution is 6.32. The molecule has 0 aliphatic heterocycles. The lowest BCUT2D eigenvalue weighted by molar-refractivity contribution is 0.0601. The van der Waals surface area contributed by atoms with Crippen LogP contribution in [0.25, 0.3) is 11.0 Å². The molecule has 0 saturated carbocycles. The standard InChI is InChI=1S/C17H14ClN3O2/c1-21(14-10-6-3-7-11(14)17(22)23-2)16-15(18)19-12-8-4-5-9-13(12)20-16/h3-10H,1-2H3. The zero-order chi connectivity index (χ0) is 16.4. The van der Waals surface area contributed by atoms with Crippen molar-refractivity contribution in [2.24, 2.45) is 0 Å². The van der Waals surface area contributed by atoms with Crippen molar-refractivity contribution in [2.75, 3.05) is 19.1 Å². The molecule has 3 rings (SSSR count). The number of carbonyl (C=O) groups excluding carboxylic acids is 1. The van der Waals surface area contributed by atoms with Crippen molar-refractivity contribution < 1.29 is 9.53 Å². The second-order valence-corrected chi connectivity index (χ2v) is 5.25. The normalized spacial score (nSPS) is 10.6. The van der Waals surface area contributed by atoms with E-state index in [9.17, 15) is 4.79 Å². The number of hydrogen-bond acceptors (Lipinski definition) is 5. The average molecular weight is 328 g/mol. The fraction of sp³-hybridized carbons (Fsp3) is 0.118. The zero-order valence-electron chi connectivity index (χ0n) is 12.7. The number of halogens is 1. The Bertz CT molecular complexity index is 883. The van der Waals surface area contributed by atoms with Gasteiger partial charge in [-0.2, -0.15) is 0 Å². The first-order valence-electron chi connectivity index (χ1n) is 6.95. The molecule has 23 heavy (non-hydrogen) atoms. The summed E-state index contributed by atoms with van der Waals surface area (Å²) in [5.74, 6) is 0.0547. The van der Waals surface area contributed by atoms with Crippen LogP contribution in [0.1, 0.15) is 10.4 Å². The number of nitrogens with zero attached hydrogens (tertiary/aromatic N) is 3. The maximum absolute atomic E-state index is 11.9. The Morgan fingerprint density at radius 1 is 1.04 bits per heavy atom. The third-order valence-corrected chi connectivity index (χ3v) is 3.75. The van der Waals surface area contributed by atoms with Crippen LogP contribution < -0.4 is 4.90 Å². The second-order valence-electron chi connectivity index (χ2n) is 4.89. The van der Waals surface area contributed by atoms with E-state index in [0.29, 0.717) is 17.1 Å². The quantitative estimate of drug-likeness (QED) is 0.684. The van der Waals surface area contributed by atoms with E-state index in [4.69, 9.17) is 16.3 Å². The molecule has 0 amide bonds. The molecule has 5 nitrogen and oxygen atoms in total. The summed E-state index contributed by atoms with van der Waals surface area (Å²) >= 11 is 6.28. The van der Waals surface area contributed by atoms with E-state index in [2.05, 4.69) is 9.97 Å². The summed E-state index contributed by atoms with van der Waals surface area (Å²) in [5, 5.41) is 0.269. The molecule has 0 N–H and O–H groups in total. The molecule has 0 aliphatic carbocycles. The Morgan fingerprint density at radius 3 is 2.35 bits per heavy atom. The fourth-order valence-electron chi connectivity index (χ4n) is 2.35. The van der Waals surface area contributed by atoms with Crippen LogP contribution in [0.4, 0.5) is 11.5 Å². The van der Waals surface area contributed by atoms with Gasteiger partial charge in [0.05, 0.1) is 29.4 Å². The van der Waals surface area contributed by atoms with E-state index in [-0.39, 0.29) is 5.15 Å². The van der Waals surface area contributed by atoms with Crippen molar-refractivity contribution in [3.8, 4) is 0 Å². The molecule has 0 fully saturated rings. The number of methoxy groups -OCH3 is 1. The lowest BCUT2D eigenvalue weighted by Crippen LogP contribution is -2.17. The maximum Gasteiger partial charge on any atom is 0.339 e. The predicted octanol–water partition coefficient (Wildman–Crippen LogP) is 3.84. The summed E-state index contributed by atoms with van der Waals surface area (Å²) in [7, 11) is 3.13. The number of benzene rings is 2. The Labute approximate surface area is 138 Å². The van der Waals surface area contributed by atoms with Crippen LogP contribution in [-0.2, 0) is 4.74 Å². The van der Waals surface area contributed by atoms with Crippen LogP contribution in [0.5, 0.6) is 0 Å². The fourth-order valence-corrected chi connectivity index (χ4v) is 2.61. The summed E-state index contributed by atoms with van der Waals surface area (Å²) < 4.78 is 4.83. The molecule has 0 saturated heterocycles. The van der Waals surface area contributed by atoms with Gasteiger partial charge in [0.1, 0.15) is 0 Å². The molecule has 0 aliphatic rings. The first-order valence-corrected chi connectivity index (χ1v) is 7.33. The first-order chi connectivity index (χ1) is 11.1. The number of anilines is 2. The molecule has 0 bridgehead atoms. The summed E-state index contributed by atoms with van der Waals surface area (Å²) in [6, 6.07) is 14.6. The first kappa shape index (κ1) is 15.2. The number of para-hydroxylation sites is 3. The van der Waals surface area contributed by atoms with Crippen molar-refractivity contribution >= 4 is 40.1 Å². The average Bonchev–Trinajstić information content (AvgIpc) is 2.59. The van der Waals surface area contributed by atoms with Gasteiger partial charge in [-0.15, -0.1) is 0 Å². The molecule has 1 aromatic heterocycles. The molecule has 0 unspecified atom stereocenters. The summed E-state index contributed by atoms with van der Waals surface area (Å²) in [6.45, 7) is 0. The highest BCUT2D eigenvalue weighted by Crippen LogP contribution is 2.31. The summed E-state index contributed by atoms with van der Waals surface area (Å²) in [6.07, 6.45) is 0. The molecular formula is C17H14ClN3O2. The van der Waals surface area contributed by atoms with Crippen molar-refractivity contribution in [3.05, 3.63) is 59.2 Å². The lowest BCUT2D eigenvalue weighted by Gasteiger charge is -2.21. The van der Waals surface area contributed by atoms with Crippen molar-refractivity contribution in [3.63, 3.8) is 0 Å². The minimum atomic E-state index is -0.419. The number of hydrogen-bond donors (Lipinski definition) is 0. The van der Waals surface area contributed by atoms with Gasteiger partial charge in [-0.25, -0.2) is 14.8 Å². The molecule has 116 valence electrons. The Balaban J connectivity index is 2.12. The van der Waals surface area contributed by atoms with Crippen LogP contribution in [0, 0.1) is 0 Å². The number of fused-ring (bicyclic) bond motifs is 1. The third kappa shape index (κ3) is 2.83. The van der Waals surface area contributed by atoms with Gasteiger partial charge in [-0.1, -0.05) is 35.9 Å². The van der Waals surface area contributed by atoms with Crippen LogP contribution >= 0.6 is 11.6 Å². The molecule has 3 aromatic rings. The number of esters is 1. The van der Waals surface area contributed by atoms with Gasteiger partial charge in [0.2, 0.25) is 0 Å². The zero-order valence-corrected chi connectivity index (χ0v) is 13.4. The van der Waals surface area contributed by atoms with E-state index in [1.54, 1.807) is 30.1 Å². The predicted molar refractivity (Wildman–Crippen MR) is 90.4 cm³/mol. The van der Waals surface area contributed by atoms with Gasteiger partial charge >= 0.3 is 5.97 Å². The smallest absolute Gasteiger partial charge is 0.339 e. The van der Waals surface area contributed by atoms with Gasteiger partial charge in [0.15, 0.2) is 11.0 Å². The van der Waals surface area contributed by atoms with Gasteiger partial charge in [0, 0.05) is 7.05 Å². The minimum absolute atomic E-state index is 0.269. The van der Waals surface area contributed by atoms with E-state index >= 15 is 0 Å². The highest BCUT2D eigenvalue weighted by Gasteiger charge is 2.19. The van der Waals surface area contributed by atoms with Crippen LogP contribution in [0.3, 0.4) is 0 Å². The molecule has 0 atom stereocenters. The molecular weight excluding hydrogens is 314 g/mol. The maximum atomic E-state index is 11.9. The minimum Gasteiger partial charge on any atom is -0.465 e. The highest BCUT2D eigenvalue weighted by atomic mass is 35.5. The van der Waals surface area contributed by atoms with Crippen molar-refractivity contribution in [1.29, 1.82) is 0 Å². The molecule has 2 aromatic carbocycles. The summed E-state index contributed by atoms with van der Waals surface area (Å²) in [4.78, 5) is 22.6. The van der Waals surface area contributed by atoms with Crippen LogP contribution in [-0.4, -0.2) is 30.1 Å². The van der Waals surface area contributed by atoms with E-state index in [1.165, 1.54) is 7.11 Å². The van der Waals surface area contributed by atoms with E-state index in [1.807, 2.05) is 30.3 Å². The van der Waals surface area contributed by atoms with Crippen molar-refractivity contribution in [2.45, 2.75) is 0 Å². The molecule has 0 radical (unpaired) electrons. The monoisotopic (exact) mass is 327 g/mol. The largest absolute Gasteiger partial charge is 0.465 e. The number of carbonyl (C=O) groups is 1. The van der Waals surface area contributed by atoms with Gasteiger partial charge in [-0.3, -0.25) is 0 Å². The van der Waals surface area contributed by atoms with Crippen LogP contribution in [0.2, 0.25) is 5.15 Å². The molecule has 1 heterocycles.